The van der Waals surface area contributed by atoms with E-state index in [-0.39, 0.29) is 12.8 Å². The first kappa shape index (κ1) is 61.5. The molecule has 2 fully saturated rings. The summed E-state index contributed by atoms with van der Waals surface area (Å²) in [5.74, 6) is -1.23. The van der Waals surface area contributed by atoms with E-state index < -0.39 is 113 Å². The van der Waals surface area contributed by atoms with Gasteiger partial charge in [-0.05, 0) is 38.5 Å². The second-order valence-corrected chi connectivity index (χ2v) is 19.8. The summed E-state index contributed by atoms with van der Waals surface area (Å²) < 4.78 is 45.4. The first-order valence-electron chi connectivity index (χ1n) is 25.5. The number of unbranched alkanes of at least 4 members (excludes halogenated alkanes) is 22. The number of phosphoric ester groups is 1. The van der Waals surface area contributed by atoms with Crippen LogP contribution in [0.15, 0.2) is 12.2 Å². The van der Waals surface area contributed by atoms with E-state index in [9.17, 15) is 59.9 Å². The molecule has 0 aromatic rings. The van der Waals surface area contributed by atoms with Crippen molar-refractivity contribution in [1.29, 1.82) is 0 Å². The lowest BCUT2D eigenvalue weighted by atomic mass is 9.84. The van der Waals surface area contributed by atoms with Crippen LogP contribution >= 0.6 is 7.82 Å². The van der Waals surface area contributed by atoms with Crippen molar-refractivity contribution in [3.05, 3.63) is 12.2 Å². The lowest BCUT2D eigenvalue weighted by Gasteiger charge is -2.47. The maximum Gasteiger partial charge on any atom is 0.472 e. The molecule has 13 unspecified atom stereocenters. The van der Waals surface area contributed by atoms with Gasteiger partial charge in [0.25, 0.3) is 0 Å². The summed E-state index contributed by atoms with van der Waals surface area (Å²) >= 11 is 0. The van der Waals surface area contributed by atoms with Crippen molar-refractivity contribution >= 4 is 19.8 Å². The molecule has 0 amide bonds. The predicted molar refractivity (Wildman–Crippen MR) is 249 cm³/mol. The van der Waals surface area contributed by atoms with Gasteiger partial charge in [0, 0.05) is 12.8 Å². The van der Waals surface area contributed by atoms with Crippen LogP contribution < -0.4 is 0 Å². The minimum atomic E-state index is -5.37. The van der Waals surface area contributed by atoms with Gasteiger partial charge >= 0.3 is 19.8 Å². The zero-order chi connectivity index (χ0) is 49.5. The van der Waals surface area contributed by atoms with Gasteiger partial charge in [-0.2, -0.15) is 0 Å². The topological polar surface area (TPSA) is 289 Å². The van der Waals surface area contributed by atoms with Gasteiger partial charge < -0.3 is 64.7 Å². The summed E-state index contributed by atoms with van der Waals surface area (Å²) in [6, 6.07) is 0. The van der Waals surface area contributed by atoms with Crippen LogP contribution in [0.1, 0.15) is 187 Å². The van der Waals surface area contributed by atoms with E-state index in [1.54, 1.807) is 0 Å². The standard InChI is InChI=1S/C48H89O18P/c1-3-5-7-9-11-13-15-17-19-21-23-25-27-29-31-38(51)63-35(33-61-37(50)30-28-26-24-22-20-18-16-14-12-10-8-6-4-2)34-62-67(59,60)66-47-44(57)42(55)41(54)43(56)46(47)65-48-45(58)40(53)39(52)36(32-49)64-48/h18,20,35-36,39-49,52-58H,3-17,19,21-34H2,1-2H3,(H,59,60)/b20-18-. The van der Waals surface area contributed by atoms with Crippen LogP contribution in [0.4, 0.5) is 0 Å². The minimum absolute atomic E-state index is 0.0342. The smallest absolute Gasteiger partial charge is 0.462 e. The SMILES string of the molecule is CCCCCCCC/C=C\CCCCCC(=O)OCC(COP(=O)(O)OC1C(O)C(O)C(O)C(O)C1OC1OC(CO)C(O)C(O)C1O)OC(=O)CCCCCCCCCCCCCCCC. The number of hydrogen-bond donors (Lipinski definition) is 9. The van der Waals surface area contributed by atoms with Crippen LogP contribution in [0, 0.1) is 0 Å². The van der Waals surface area contributed by atoms with Crippen molar-refractivity contribution in [2.24, 2.45) is 0 Å². The van der Waals surface area contributed by atoms with E-state index in [4.69, 9.17) is 28.0 Å². The molecule has 394 valence electrons. The van der Waals surface area contributed by atoms with Gasteiger partial charge in [-0.15, -0.1) is 0 Å². The van der Waals surface area contributed by atoms with Gasteiger partial charge in [0.05, 0.1) is 13.2 Å². The van der Waals surface area contributed by atoms with Gasteiger partial charge in [-0.3, -0.25) is 18.6 Å². The van der Waals surface area contributed by atoms with Crippen LogP contribution in [0.3, 0.4) is 0 Å². The summed E-state index contributed by atoms with van der Waals surface area (Å²) in [6.45, 7) is 2.21. The van der Waals surface area contributed by atoms with E-state index in [0.29, 0.717) is 12.8 Å². The molecule has 0 bridgehead atoms. The van der Waals surface area contributed by atoms with Crippen LogP contribution in [-0.2, 0) is 42.1 Å². The van der Waals surface area contributed by atoms with Gasteiger partial charge in [0.15, 0.2) is 12.4 Å². The molecule has 1 heterocycles. The summed E-state index contributed by atoms with van der Waals surface area (Å²) in [4.78, 5) is 36.5. The Morgan fingerprint density at radius 3 is 1.49 bits per heavy atom. The molecule has 1 saturated heterocycles. The van der Waals surface area contributed by atoms with Crippen molar-refractivity contribution in [1.82, 2.24) is 0 Å². The number of carbonyl (C=O) groups excluding carboxylic acids is 2. The summed E-state index contributed by atoms with van der Waals surface area (Å²) in [5.41, 5.74) is 0. The first-order valence-corrected chi connectivity index (χ1v) is 27.0. The molecule has 2 rings (SSSR count). The fraction of sp³-hybridized carbons (Fsp3) is 0.917. The molecule has 9 N–H and O–H groups in total. The Kier molecular flexibility index (Phi) is 33.4. The van der Waals surface area contributed by atoms with Crippen LogP contribution in [-0.4, -0.2) is 151 Å². The van der Waals surface area contributed by atoms with Gasteiger partial charge in [-0.1, -0.05) is 148 Å². The van der Waals surface area contributed by atoms with Crippen molar-refractivity contribution < 1.29 is 87.9 Å². The highest BCUT2D eigenvalue weighted by molar-refractivity contribution is 7.47. The Balaban J connectivity index is 1.96. The first-order chi connectivity index (χ1) is 32.2. The fourth-order valence-electron chi connectivity index (χ4n) is 8.23. The van der Waals surface area contributed by atoms with Gasteiger partial charge in [0.2, 0.25) is 0 Å². The van der Waals surface area contributed by atoms with Crippen molar-refractivity contribution in [2.75, 3.05) is 19.8 Å². The third-order valence-corrected chi connectivity index (χ3v) is 13.5. The molecule has 1 aliphatic heterocycles. The number of rotatable bonds is 39. The third kappa shape index (κ3) is 25.4. The molecule has 19 heteroatoms. The molecule has 67 heavy (non-hydrogen) atoms. The molecule has 1 aliphatic carbocycles. The molecular weight excluding hydrogens is 895 g/mol. The van der Waals surface area contributed by atoms with Crippen LogP contribution in [0.5, 0.6) is 0 Å². The molecule has 0 radical (unpaired) electrons. The van der Waals surface area contributed by atoms with Crippen LogP contribution in [0.2, 0.25) is 0 Å². The molecule has 13 atom stereocenters. The lowest BCUT2D eigenvalue weighted by Crippen LogP contribution is -2.67. The van der Waals surface area contributed by atoms with Gasteiger partial charge in [0.1, 0.15) is 67.6 Å². The Hall–Kier alpha value is -1.61. The maximum atomic E-state index is 13.4. The van der Waals surface area contributed by atoms with E-state index in [0.717, 1.165) is 51.4 Å². The largest absolute Gasteiger partial charge is 0.472 e. The van der Waals surface area contributed by atoms with Crippen molar-refractivity contribution in [2.45, 2.75) is 261 Å². The summed E-state index contributed by atoms with van der Waals surface area (Å²) in [6.07, 6.45) is 8.70. The van der Waals surface area contributed by atoms with Crippen LogP contribution in [0.25, 0.3) is 0 Å². The third-order valence-electron chi connectivity index (χ3n) is 12.5. The quantitative estimate of drug-likeness (QED) is 0.0154. The number of carbonyl (C=O) groups is 2. The molecular formula is C48H89O18P. The maximum absolute atomic E-state index is 13.4. The zero-order valence-corrected chi connectivity index (χ0v) is 41.3. The molecule has 0 spiro atoms. The van der Waals surface area contributed by atoms with Gasteiger partial charge in [-0.25, -0.2) is 4.57 Å². The number of ether oxygens (including phenoxy) is 4. The number of esters is 2. The average Bonchev–Trinajstić information content (AvgIpc) is 3.31. The number of allylic oxidation sites excluding steroid dienone is 2. The summed E-state index contributed by atoms with van der Waals surface area (Å²) in [5, 5.41) is 82.9. The summed E-state index contributed by atoms with van der Waals surface area (Å²) in [7, 11) is -5.37. The highest BCUT2D eigenvalue weighted by Crippen LogP contribution is 2.48. The average molecular weight is 985 g/mol. The predicted octanol–water partition coefficient (Wildman–Crippen LogP) is 5.71. The number of phosphoric acid groups is 1. The number of aliphatic hydroxyl groups excluding tert-OH is 8. The molecule has 2 aliphatic rings. The van der Waals surface area contributed by atoms with Crippen molar-refractivity contribution in [3.63, 3.8) is 0 Å². The molecule has 1 saturated carbocycles. The van der Waals surface area contributed by atoms with E-state index >= 15 is 0 Å². The Morgan fingerprint density at radius 2 is 0.985 bits per heavy atom. The molecule has 0 aromatic heterocycles. The molecule has 18 nitrogen and oxygen atoms in total. The monoisotopic (exact) mass is 985 g/mol. The second kappa shape index (κ2) is 36.3. The second-order valence-electron chi connectivity index (χ2n) is 18.4. The Labute approximate surface area is 399 Å². The van der Waals surface area contributed by atoms with Crippen molar-refractivity contribution in [3.8, 4) is 0 Å². The number of aliphatic hydroxyl groups is 8. The fourth-order valence-corrected chi connectivity index (χ4v) is 9.20. The highest BCUT2D eigenvalue weighted by atomic mass is 31.2. The number of hydrogen-bond acceptors (Lipinski definition) is 17. The highest BCUT2D eigenvalue weighted by Gasteiger charge is 2.55. The lowest BCUT2D eigenvalue weighted by molar-refractivity contribution is -0.338. The molecule has 0 aromatic carbocycles. The Bertz CT molecular complexity index is 1360. The normalized spacial score (nSPS) is 28.1. The zero-order valence-electron chi connectivity index (χ0n) is 40.4. The van der Waals surface area contributed by atoms with E-state index in [2.05, 4.69) is 26.0 Å². The van der Waals surface area contributed by atoms with E-state index in [1.165, 1.54) is 96.3 Å². The Morgan fingerprint density at radius 1 is 0.552 bits per heavy atom. The minimum Gasteiger partial charge on any atom is -0.462 e. The van der Waals surface area contributed by atoms with E-state index in [1.807, 2.05) is 0 Å².